The molecule has 0 aliphatic rings. The molecular weight excluding hydrogens is 358 g/mol. The van der Waals surface area contributed by atoms with Gasteiger partial charge >= 0.3 is 0 Å². The molecule has 0 saturated carbocycles. The van der Waals surface area contributed by atoms with Gasteiger partial charge in [-0.25, -0.2) is 0 Å². The topological polar surface area (TPSA) is 71.4 Å². The average molecular weight is 389 g/mol. The maximum absolute atomic E-state index is 10.4. The van der Waals surface area contributed by atoms with Crippen LogP contribution < -0.4 is 9.47 Å². The minimum absolute atomic E-state index is 0.0303. The summed E-state index contributed by atoms with van der Waals surface area (Å²) in [6.07, 6.45) is -1.39. The van der Waals surface area contributed by atoms with Crippen LogP contribution in [0.1, 0.15) is 6.92 Å². The summed E-state index contributed by atoms with van der Waals surface area (Å²) in [6, 6.07) is 18.8. The van der Waals surface area contributed by atoms with Gasteiger partial charge in [-0.1, -0.05) is 36.4 Å². The molecule has 154 valence electrons. The lowest BCUT2D eigenvalue weighted by atomic mass is 10.2. The van der Waals surface area contributed by atoms with E-state index < -0.39 is 12.2 Å². The van der Waals surface area contributed by atoms with Gasteiger partial charge in [0, 0.05) is 26.2 Å². The van der Waals surface area contributed by atoms with E-state index in [1.54, 1.807) is 7.11 Å². The van der Waals surface area contributed by atoms with Crippen LogP contribution >= 0.6 is 0 Å². The molecule has 0 heterocycles. The molecule has 0 saturated heterocycles. The lowest BCUT2D eigenvalue weighted by Gasteiger charge is -2.32. The van der Waals surface area contributed by atoms with Crippen molar-refractivity contribution < 1.29 is 24.4 Å². The fourth-order valence-electron chi connectivity index (χ4n) is 2.85. The minimum Gasteiger partial charge on any atom is -0.491 e. The van der Waals surface area contributed by atoms with Gasteiger partial charge in [0.05, 0.1) is 6.61 Å². The third kappa shape index (κ3) is 8.27. The van der Waals surface area contributed by atoms with E-state index in [2.05, 4.69) is 0 Å². The number of ether oxygens (including phenoxy) is 3. The first-order chi connectivity index (χ1) is 13.6. The number of rotatable bonds is 13. The zero-order valence-corrected chi connectivity index (χ0v) is 16.6. The van der Waals surface area contributed by atoms with Crippen molar-refractivity contribution in [2.45, 2.75) is 25.2 Å². The molecule has 0 spiro atoms. The zero-order valence-electron chi connectivity index (χ0n) is 16.6. The van der Waals surface area contributed by atoms with E-state index in [0.717, 1.165) is 0 Å². The summed E-state index contributed by atoms with van der Waals surface area (Å²) in [4.78, 5) is 1.99. The molecule has 0 aromatic heterocycles. The van der Waals surface area contributed by atoms with E-state index in [4.69, 9.17) is 14.2 Å². The average Bonchev–Trinajstić information content (AvgIpc) is 2.72. The van der Waals surface area contributed by atoms with Gasteiger partial charge in [-0.15, -0.1) is 0 Å². The first-order valence-electron chi connectivity index (χ1n) is 9.53. The maximum Gasteiger partial charge on any atom is 0.119 e. The molecule has 0 radical (unpaired) electrons. The fraction of sp³-hybridized carbons (Fsp3) is 0.455. The van der Waals surface area contributed by atoms with Gasteiger partial charge < -0.3 is 24.4 Å². The number of methoxy groups -OCH3 is 1. The van der Waals surface area contributed by atoms with Crippen molar-refractivity contribution in [1.82, 2.24) is 4.90 Å². The largest absolute Gasteiger partial charge is 0.491 e. The first kappa shape index (κ1) is 22.2. The Kier molecular flexibility index (Phi) is 9.79. The molecule has 0 fully saturated rings. The van der Waals surface area contributed by atoms with Crippen LogP contribution in [0.25, 0.3) is 0 Å². The van der Waals surface area contributed by atoms with Gasteiger partial charge in [-0.3, -0.25) is 4.90 Å². The number of nitrogens with zero attached hydrogens (tertiary/aromatic N) is 1. The third-order valence-corrected chi connectivity index (χ3v) is 4.29. The van der Waals surface area contributed by atoms with Gasteiger partial charge in [0.2, 0.25) is 0 Å². The lowest BCUT2D eigenvalue weighted by molar-refractivity contribution is 0.000918. The summed E-state index contributed by atoms with van der Waals surface area (Å²) in [6.45, 7) is 3.57. The Bertz CT molecular complexity index is 588. The Morgan fingerprint density at radius 3 is 1.57 bits per heavy atom. The number of benzene rings is 2. The van der Waals surface area contributed by atoms with Gasteiger partial charge in [0.25, 0.3) is 0 Å². The molecule has 0 aliphatic carbocycles. The number of aliphatic hydroxyl groups excluding tert-OH is 2. The minimum atomic E-state index is -0.693. The summed E-state index contributed by atoms with van der Waals surface area (Å²) >= 11 is 0. The van der Waals surface area contributed by atoms with Gasteiger partial charge in [-0.2, -0.15) is 0 Å². The van der Waals surface area contributed by atoms with Crippen molar-refractivity contribution in [2.75, 3.05) is 40.0 Å². The van der Waals surface area contributed by atoms with E-state index in [-0.39, 0.29) is 19.3 Å². The van der Waals surface area contributed by atoms with Crippen molar-refractivity contribution in [1.29, 1.82) is 0 Å². The van der Waals surface area contributed by atoms with Gasteiger partial charge in [-0.05, 0) is 31.2 Å². The molecule has 2 aromatic carbocycles. The molecule has 0 amide bonds. The molecule has 2 aromatic rings. The van der Waals surface area contributed by atoms with Crippen molar-refractivity contribution in [3.05, 3.63) is 60.7 Å². The van der Waals surface area contributed by atoms with E-state index >= 15 is 0 Å². The second-order valence-electron chi connectivity index (χ2n) is 6.81. The molecule has 0 aliphatic heterocycles. The van der Waals surface area contributed by atoms with Crippen LogP contribution in [-0.4, -0.2) is 73.4 Å². The molecule has 6 heteroatoms. The Labute approximate surface area is 167 Å². The zero-order chi connectivity index (χ0) is 20.2. The van der Waals surface area contributed by atoms with E-state index in [9.17, 15) is 10.2 Å². The molecule has 28 heavy (non-hydrogen) atoms. The highest BCUT2D eigenvalue weighted by Crippen LogP contribution is 2.11. The fourth-order valence-corrected chi connectivity index (χ4v) is 2.85. The van der Waals surface area contributed by atoms with Crippen LogP contribution in [0.4, 0.5) is 0 Å². The van der Waals surface area contributed by atoms with Crippen LogP contribution in [0.5, 0.6) is 11.5 Å². The quantitative estimate of drug-likeness (QED) is 0.547. The van der Waals surface area contributed by atoms with Crippen LogP contribution in [0.15, 0.2) is 60.7 Å². The summed E-state index contributed by atoms with van der Waals surface area (Å²) in [5.74, 6) is 1.43. The van der Waals surface area contributed by atoms with Crippen molar-refractivity contribution in [3.63, 3.8) is 0 Å². The number of hydrogen-bond donors (Lipinski definition) is 2. The van der Waals surface area contributed by atoms with E-state index in [1.807, 2.05) is 72.5 Å². The monoisotopic (exact) mass is 389 g/mol. The Hall–Kier alpha value is -2.12. The molecule has 2 N–H and O–H groups in total. The highest BCUT2D eigenvalue weighted by Gasteiger charge is 2.21. The predicted octanol–water partition coefficient (Wildman–Crippen LogP) is 2.20. The molecule has 2 rings (SSSR count). The van der Waals surface area contributed by atoms with Crippen molar-refractivity contribution >= 4 is 0 Å². The molecule has 3 atom stereocenters. The van der Waals surface area contributed by atoms with Gasteiger partial charge in [0.1, 0.15) is 36.9 Å². The molecule has 6 nitrogen and oxygen atoms in total. The molecular formula is C22H31NO5. The SMILES string of the molecule is COCC(C)N(CC(O)COc1ccccc1)CC(O)COc1ccccc1. The number of hydrogen-bond acceptors (Lipinski definition) is 6. The maximum atomic E-state index is 10.4. The van der Waals surface area contributed by atoms with Crippen molar-refractivity contribution in [3.8, 4) is 11.5 Å². The summed E-state index contributed by atoms with van der Waals surface area (Å²) in [5.41, 5.74) is 0. The number of para-hydroxylation sites is 2. The van der Waals surface area contributed by atoms with Crippen LogP contribution in [0.2, 0.25) is 0 Å². The summed E-state index contributed by atoms with van der Waals surface area (Å²) in [5, 5.41) is 20.8. The summed E-state index contributed by atoms with van der Waals surface area (Å²) in [7, 11) is 1.64. The lowest BCUT2D eigenvalue weighted by Crippen LogP contribution is -2.47. The second kappa shape index (κ2) is 12.4. The number of aliphatic hydroxyl groups is 2. The Morgan fingerprint density at radius 2 is 1.18 bits per heavy atom. The van der Waals surface area contributed by atoms with E-state index in [0.29, 0.717) is 31.2 Å². The highest BCUT2D eigenvalue weighted by molar-refractivity contribution is 5.21. The van der Waals surface area contributed by atoms with Crippen LogP contribution in [0.3, 0.4) is 0 Å². The first-order valence-corrected chi connectivity index (χ1v) is 9.53. The van der Waals surface area contributed by atoms with Gasteiger partial charge in [0.15, 0.2) is 0 Å². The van der Waals surface area contributed by atoms with Crippen molar-refractivity contribution in [2.24, 2.45) is 0 Å². The predicted molar refractivity (Wildman–Crippen MR) is 109 cm³/mol. The standard InChI is InChI=1S/C22H31NO5/c1-18(15-26-2)23(13-19(24)16-27-21-9-5-3-6-10-21)14-20(25)17-28-22-11-7-4-8-12-22/h3-12,18-20,24-25H,13-17H2,1-2H3. The third-order valence-electron chi connectivity index (χ3n) is 4.29. The van der Waals surface area contributed by atoms with E-state index in [1.165, 1.54) is 0 Å². The Balaban J connectivity index is 1.83. The highest BCUT2D eigenvalue weighted by atomic mass is 16.5. The second-order valence-corrected chi connectivity index (χ2v) is 6.81. The normalized spacial score (nSPS) is 14.5. The molecule has 0 bridgehead atoms. The summed E-state index contributed by atoms with van der Waals surface area (Å²) < 4.78 is 16.5. The Morgan fingerprint density at radius 1 is 0.750 bits per heavy atom. The smallest absolute Gasteiger partial charge is 0.119 e. The molecule has 3 unspecified atom stereocenters. The van der Waals surface area contributed by atoms with Crippen LogP contribution in [0, 0.1) is 0 Å². The van der Waals surface area contributed by atoms with Crippen LogP contribution in [-0.2, 0) is 4.74 Å².